The summed E-state index contributed by atoms with van der Waals surface area (Å²) in [6.07, 6.45) is 2.87. The van der Waals surface area contributed by atoms with Crippen molar-refractivity contribution in [2.45, 2.75) is 53.1 Å². The Balaban J connectivity index is 1.97. The van der Waals surface area contributed by atoms with Crippen LogP contribution in [0, 0.1) is 17.8 Å². The average molecular weight is 332 g/mol. The fourth-order valence-electron chi connectivity index (χ4n) is 2.92. The Morgan fingerprint density at radius 2 is 1.75 bits per heavy atom. The molecule has 2 rings (SSSR count). The molecule has 0 bridgehead atoms. The Bertz CT molecular complexity index is 579. The predicted molar refractivity (Wildman–Crippen MR) is 92.9 cm³/mol. The lowest BCUT2D eigenvalue weighted by molar-refractivity contribution is 0.00878. The number of benzene rings is 1. The first-order valence-corrected chi connectivity index (χ1v) is 8.85. The van der Waals surface area contributed by atoms with E-state index in [1.807, 2.05) is 13.8 Å². The molecule has 3 unspecified atom stereocenters. The van der Waals surface area contributed by atoms with Crippen molar-refractivity contribution < 1.29 is 19.1 Å². The molecule has 1 aromatic rings. The maximum atomic E-state index is 12.4. The van der Waals surface area contributed by atoms with Gasteiger partial charge in [0.25, 0.3) is 0 Å². The van der Waals surface area contributed by atoms with Crippen LogP contribution in [0.5, 0.6) is 0 Å². The summed E-state index contributed by atoms with van der Waals surface area (Å²) in [6, 6.07) is 6.58. The van der Waals surface area contributed by atoms with Gasteiger partial charge in [-0.25, -0.2) is 9.59 Å². The molecule has 0 saturated heterocycles. The minimum Gasteiger partial charge on any atom is -0.462 e. The fraction of sp³-hybridized carbons (Fsp3) is 0.600. The number of carbonyl (C=O) groups is 2. The molecule has 1 aliphatic rings. The van der Waals surface area contributed by atoms with Gasteiger partial charge in [-0.15, -0.1) is 0 Å². The summed E-state index contributed by atoms with van der Waals surface area (Å²) in [4.78, 5) is 24.4. The summed E-state index contributed by atoms with van der Waals surface area (Å²) >= 11 is 0. The van der Waals surface area contributed by atoms with Gasteiger partial charge in [-0.1, -0.05) is 33.8 Å². The van der Waals surface area contributed by atoms with Crippen LogP contribution in [0.25, 0.3) is 0 Å². The van der Waals surface area contributed by atoms with E-state index in [0.717, 1.165) is 19.3 Å². The summed E-state index contributed by atoms with van der Waals surface area (Å²) in [6.45, 7) is 8.77. The molecule has 1 saturated carbocycles. The predicted octanol–water partition coefficient (Wildman–Crippen LogP) is 4.48. The van der Waals surface area contributed by atoms with E-state index in [9.17, 15) is 9.59 Å². The van der Waals surface area contributed by atoms with E-state index in [1.54, 1.807) is 24.3 Å². The highest BCUT2D eigenvalue weighted by Gasteiger charge is 2.27. The van der Waals surface area contributed by atoms with Gasteiger partial charge >= 0.3 is 11.9 Å². The molecule has 3 atom stereocenters. The van der Waals surface area contributed by atoms with Gasteiger partial charge in [0.2, 0.25) is 0 Å². The second kappa shape index (κ2) is 8.32. The molecule has 4 heteroatoms. The maximum absolute atomic E-state index is 12.4. The summed E-state index contributed by atoms with van der Waals surface area (Å²) in [5, 5.41) is 0. The zero-order valence-corrected chi connectivity index (χ0v) is 15.1. The van der Waals surface area contributed by atoms with Crippen LogP contribution >= 0.6 is 0 Å². The van der Waals surface area contributed by atoms with Gasteiger partial charge in [-0.2, -0.15) is 0 Å². The number of hydrogen-bond acceptors (Lipinski definition) is 4. The third-order valence-corrected chi connectivity index (χ3v) is 4.71. The van der Waals surface area contributed by atoms with Crippen molar-refractivity contribution in [1.29, 1.82) is 0 Å². The van der Waals surface area contributed by atoms with Crippen molar-refractivity contribution in [3.8, 4) is 0 Å². The summed E-state index contributed by atoms with van der Waals surface area (Å²) < 4.78 is 10.8. The largest absolute Gasteiger partial charge is 0.462 e. The van der Waals surface area contributed by atoms with E-state index in [-0.39, 0.29) is 18.0 Å². The molecule has 4 nitrogen and oxygen atoms in total. The Morgan fingerprint density at radius 1 is 1.08 bits per heavy atom. The highest BCUT2D eigenvalue weighted by Crippen LogP contribution is 2.31. The lowest BCUT2D eigenvalue weighted by Gasteiger charge is -2.31. The molecule has 0 radical (unpaired) electrons. The molecular formula is C20H28O4. The fourth-order valence-corrected chi connectivity index (χ4v) is 2.92. The molecule has 24 heavy (non-hydrogen) atoms. The van der Waals surface area contributed by atoms with Gasteiger partial charge in [0.15, 0.2) is 0 Å². The molecule has 0 heterocycles. The Hall–Kier alpha value is -1.84. The van der Waals surface area contributed by atoms with Crippen LogP contribution in [-0.4, -0.2) is 24.6 Å². The molecule has 0 aromatic heterocycles. The molecule has 0 N–H and O–H groups in total. The van der Waals surface area contributed by atoms with E-state index in [4.69, 9.17) is 9.47 Å². The van der Waals surface area contributed by atoms with Crippen LogP contribution in [0.2, 0.25) is 0 Å². The average Bonchev–Trinajstić information content (AvgIpc) is 2.56. The van der Waals surface area contributed by atoms with Gasteiger partial charge in [0.05, 0.1) is 17.7 Å². The zero-order valence-electron chi connectivity index (χ0n) is 15.1. The third kappa shape index (κ3) is 5.08. The van der Waals surface area contributed by atoms with E-state index < -0.39 is 5.97 Å². The first-order valence-electron chi connectivity index (χ1n) is 8.85. The number of rotatable bonds is 5. The van der Waals surface area contributed by atoms with E-state index in [2.05, 4.69) is 13.8 Å². The Labute approximate surface area is 144 Å². The van der Waals surface area contributed by atoms with Crippen LogP contribution in [0.1, 0.15) is 67.7 Å². The lowest BCUT2D eigenvalue weighted by Crippen LogP contribution is -2.28. The minimum atomic E-state index is -0.404. The van der Waals surface area contributed by atoms with E-state index in [1.165, 1.54) is 0 Å². The maximum Gasteiger partial charge on any atom is 0.338 e. The normalized spacial score (nSPS) is 23.8. The quantitative estimate of drug-likeness (QED) is 0.746. The molecule has 0 aliphatic heterocycles. The van der Waals surface area contributed by atoms with Crippen molar-refractivity contribution in [3.63, 3.8) is 0 Å². The standard InChI is InChI=1S/C20H28O4/c1-13(2)12-23-19(21)16-6-5-7-17(11-16)20(22)24-18-9-8-14(3)15(4)10-18/h5-7,11,13-15,18H,8-10,12H2,1-4H3. The van der Waals surface area contributed by atoms with Crippen LogP contribution in [0.3, 0.4) is 0 Å². The highest BCUT2D eigenvalue weighted by atomic mass is 16.5. The molecule has 0 amide bonds. The molecule has 1 fully saturated rings. The molecule has 0 spiro atoms. The van der Waals surface area contributed by atoms with Gasteiger partial charge < -0.3 is 9.47 Å². The van der Waals surface area contributed by atoms with Crippen molar-refractivity contribution >= 4 is 11.9 Å². The first kappa shape index (κ1) is 18.5. The molecule has 1 aromatic carbocycles. The van der Waals surface area contributed by atoms with Crippen molar-refractivity contribution in [3.05, 3.63) is 35.4 Å². The van der Waals surface area contributed by atoms with E-state index in [0.29, 0.717) is 29.6 Å². The second-order valence-electron chi connectivity index (χ2n) is 7.37. The monoisotopic (exact) mass is 332 g/mol. The van der Waals surface area contributed by atoms with Gasteiger partial charge in [0, 0.05) is 0 Å². The smallest absolute Gasteiger partial charge is 0.338 e. The number of ether oxygens (including phenoxy) is 2. The summed E-state index contributed by atoms with van der Waals surface area (Å²) in [7, 11) is 0. The highest BCUT2D eigenvalue weighted by molar-refractivity contribution is 5.95. The van der Waals surface area contributed by atoms with Crippen molar-refractivity contribution in [2.24, 2.45) is 17.8 Å². The Morgan fingerprint density at radius 3 is 2.38 bits per heavy atom. The molecule has 132 valence electrons. The van der Waals surface area contributed by atoms with Crippen LogP contribution in [-0.2, 0) is 9.47 Å². The summed E-state index contributed by atoms with van der Waals surface area (Å²) in [5.74, 6) is 0.754. The van der Waals surface area contributed by atoms with Gasteiger partial charge in [-0.05, 0) is 55.2 Å². The third-order valence-electron chi connectivity index (χ3n) is 4.71. The second-order valence-corrected chi connectivity index (χ2v) is 7.37. The molecular weight excluding hydrogens is 304 g/mol. The van der Waals surface area contributed by atoms with E-state index >= 15 is 0 Å². The van der Waals surface area contributed by atoms with Crippen molar-refractivity contribution in [1.82, 2.24) is 0 Å². The zero-order chi connectivity index (χ0) is 17.7. The lowest BCUT2D eigenvalue weighted by atomic mass is 9.80. The summed E-state index contributed by atoms with van der Waals surface area (Å²) in [5.41, 5.74) is 0.788. The van der Waals surface area contributed by atoms with Crippen molar-refractivity contribution in [2.75, 3.05) is 6.61 Å². The van der Waals surface area contributed by atoms with Crippen LogP contribution in [0.15, 0.2) is 24.3 Å². The Kier molecular flexibility index (Phi) is 6.41. The van der Waals surface area contributed by atoms with Crippen LogP contribution < -0.4 is 0 Å². The number of esters is 2. The number of hydrogen-bond donors (Lipinski definition) is 0. The first-order chi connectivity index (χ1) is 11.4. The SMILES string of the molecule is CC(C)COC(=O)c1cccc(C(=O)OC2CCC(C)C(C)C2)c1. The number of carbonyl (C=O) groups excluding carboxylic acids is 2. The van der Waals surface area contributed by atoms with Gasteiger partial charge in [0.1, 0.15) is 6.10 Å². The van der Waals surface area contributed by atoms with Gasteiger partial charge in [-0.3, -0.25) is 0 Å². The van der Waals surface area contributed by atoms with Crippen LogP contribution in [0.4, 0.5) is 0 Å². The minimum absolute atomic E-state index is 0.0275. The topological polar surface area (TPSA) is 52.6 Å². The molecule has 1 aliphatic carbocycles.